The zero-order valence-electron chi connectivity index (χ0n) is 12.7. The van der Waals surface area contributed by atoms with E-state index in [1.165, 1.54) is 6.07 Å². The first-order valence-corrected chi connectivity index (χ1v) is 7.53. The van der Waals surface area contributed by atoms with E-state index in [1.54, 1.807) is 6.07 Å². The van der Waals surface area contributed by atoms with Crippen LogP contribution in [-0.4, -0.2) is 53.1 Å². The average Bonchev–Trinajstić information content (AvgIpc) is 2.91. The summed E-state index contributed by atoms with van der Waals surface area (Å²) in [5, 5.41) is 8.85. The second kappa shape index (κ2) is 7.00. The molecule has 1 fully saturated rings. The number of likely N-dealkylation sites (N-methyl/N-ethyl adjacent to an activating group) is 1. The van der Waals surface area contributed by atoms with Crippen LogP contribution in [0.3, 0.4) is 0 Å². The van der Waals surface area contributed by atoms with E-state index in [0.29, 0.717) is 18.2 Å². The second-order valence-electron chi connectivity index (χ2n) is 5.51. The van der Waals surface area contributed by atoms with Crippen LogP contribution in [0, 0.1) is 5.82 Å². The van der Waals surface area contributed by atoms with Gasteiger partial charge in [0.25, 0.3) is 0 Å². The lowest BCUT2D eigenvalue weighted by Gasteiger charge is -2.26. The van der Waals surface area contributed by atoms with Crippen LogP contribution in [0.1, 0.15) is 36.2 Å². The maximum absolute atomic E-state index is 14.0. The van der Waals surface area contributed by atoms with E-state index in [2.05, 4.69) is 23.6 Å². The molecule has 1 heterocycles. The summed E-state index contributed by atoms with van der Waals surface area (Å²) in [7, 11) is 0. The minimum Gasteiger partial charge on any atom is -0.478 e. The highest BCUT2D eigenvalue weighted by atomic mass is 19.1. The number of rotatable bonds is 6. The minimum absolute atomic E-state index is 0.00121. The number of likely N-dealkylation sites (tertiary alicyclic amines) is 1. The molecule has 2 rings (SSSR count). The molecule has 1 aliphatic heterocycles. The first kappa shape index (κ1) is 15.9. The van der Waals surface area contributed by atoms with Crippen molar-refractivity contribution in [1.29, 1.82) is 0 Å². The van der Waals surface area contributed by atoms with Crippen molar-refractivity contribution in [3.05, 3.63) is 35.1 Å². The Kier molecular flexibility index (Phi) is 5.31. The fraction of sp³-hybridized carbons (Fsp3) is 0.562. The molecular weight excluding hydrogens is 271 g/mol. The van der Waals surface area contributed by atoms with E-state index in [4.69, 9.17) is 5.11 Å². The third kappa shape index (κ3) is 3.80. The molecule has 1 unspecified atom stereocenters. The Bertz CT molecular complexity index is 503. The molecular formula is C16H23FN2O2. The topological polar surface area (TPSA) is 43.8 Å². The van der Waals surface area contributed by atoms with Gasteiger partial charge in [-0.05, 0) is 31.6 Å². The van der Waals surface area contributed by atoms with Gasteiger partial charge >= 0.3 is 5.97 Å². The normalized spacial score (nSPS) is 19.3. The highest BCUT2D eigenvalue weighted by Gasteiger charge is 2.26. The van der Waals surface area contributed by atoms with Crippen LogP contribution in [0.25, 0.3) is 0 Å². The minimum atomic E-state index is -1.09. The summed E-state index contributed by atoms with van der Waals surface area (Å²) < 4.78 is 14.0. The monoisotopic (exact) mass is 294 g/mol. The highest BCUT2D eigenvalue weighted by molar-refractivity contribution is 5.87. The molecule has 1 atom stereocenters. The number of carbonyl (C=O) groups is 1. The fourth-order valence-electron chi connectivity index (χ4n) is 3.04. The predicted molar refractivity (Wildman–Crippen MR) is 80.0 cm³/mol. The zero-order chi connectivity index (χ0) is 15.4. The van der Waals surface area contributed by atoms with Gasteiger partial charge in [0.05, 0.1) is 5.56 Å². The largest absolute Gasteiger partial charge is 0.478 e. The van der Waals surface area contributed by atoms with E-state index in [0.717, 1.165) is 38.7 Å². The van der Waals surface area contributed by atoms with Gasteiger partial charge in [-0.2, -0.15) is 0 Å². The Morgan fingerprint density at radius 1 is 1.43 bits per heavy atom. The number of nitrogens with zero attached hydrogens (tertiary/aromatic N) is 2. The average molecular weight is 294 g/mol. The number of hydrogen-bond donors (Lipinski definition) is 1. The van der Waals surface area contributed by atoms with Crippen molar-refractivity contribution in [2.24, 2.45) is 0 Å². The smallest absolute Gasteiger partial charge is 0.335 e. The summed E-state index contributed by atoms with van der Waals surface area (Å²) in [5.74, 6) is -1.52. The lowest BCUT2D eigenvalue weighted by atomic mass is 10.1. The molecule has 116 valence electrons. The van der Waals surface area contributed by atoms with Crippen molar-refractivity contribution >= 4 is 5.97 Å². The second-order valence-corrected chi connectivity index (χ2v) is 5.51. The standard InChI is InChI=1S/C16H23FN2O2/c1-3-19(4-2)14-7-8-18(11-14)10-13-6-5-12(16(20)21)9-15(13)17/h5-6,9,14H,3-4,7-8,10-11H2,1-2H3,(H,20,21). The first-order chi connectivity index (χ1) is 10.0. The van der Waals surface area contributed by atoms with E-state index in [1.807, 2.05) is 0 Å². The van der Waals surface area contributed by atoms with E-state index in [-0.39, 0.29) is 5.56 Å². The Morgan fingerprint density at radius 3 is 2.71 bits per heavy atom. The summed E-state index contributed by atoms with van der Waals surface area (Å²) in [4.78, 5) is 15.5. The summed E-state index contributed by atoms with van der Waals surface area (Å²) >= 11 is 0. The van der Waals surface area contributed by atoms with Gasteiger partial charge in [0, 0.05) is 31.2 Å². The molecule has 0 amide bonds. The van der Waals surface area contributed by atoms with Gasteiger partial charge in [-0.3, -0.25) is 9.80 Å². The number of benzene rings is 1. The molecule has 0 radical (unpaired) electrons. The molecule has 0 bridgehead atoms. The Morgan fingerprint density at radius 2 is 2.14 bits per heavy atom. The summed E-state index contributed by atoms with van der Waals surface area (Å²) in [5.41, 5.74) is 0.568. The Balaban J connectivity index is 1.98. The quantitative estimate of drug-likeness (QED) is 0.875. The third-order valence-corrected chi connectivity index (χ3v) is 4.27. The first-order valence-electron chi connectivity index (χ1n) is 7.53. The fourth-order valence-corrected chi connectivity index (χ4v) is 3.04. The predicted octanol–water partition coefficient (Wildman–Crippen LogP) is 2.44. The van der Waals surface area contributed by atoms with Crippen LogP contribution < -0.4 is 0 Å². The van der Waals surface area contributed by atoms with E-state index in [9.17, 15) is 9.18 Å². The Hall–Kier alpha value is -1.46. The van der Waals surface area contributed by atoms with Crippen LogP contribution >= 0.6 is 0 Å². The van der Waals surface area contributed by atoms with Crippen LogP contribution in [0.2, 0.25) is 0 Å². The van der Waals surface area contributed by atoms with Gasteiger partial charge < -0.3 is 5.11 Å². The maximum atomic E-state index is 14.0. The van der Waals surface area contributed by atoms with Gasteiger partial charge in [0.2, 0.25) is 0 Å². The molecule has 0 spiro atoms. The van der Waals surface area contributed by atoms with Crippen LogP contribution in [0.15, 0.2) is 18.2 Å². The van der Waals surface area contributed by atoms with Crippen LogP contribution in [0.5, 0.6) is 0 Å². The van der Waals surface area contributed by atoms with Crippen molar-refractivity contribution in [1.82, 2.24) is 9.80 Å². The maximum Gasteiger partial charge on any atom is 0.335 e. The van der Waals surface area contributed by atoms with Crippen molar-refractivity contribution in [3.63, 3.8) is 0 Å². The van der Waals surface area contributed by atoms with Gasteiger partial charge in [0.1, 0.15) is 5.82 Å². The summed E-state index contributed by atoms with van der Waals surface area (Å²) in [6, 6.07) is 4.71. The van der Waals surface area contributed by atoms with Crippen molar-refractivity contribution < 1.29 is 14.3 Å². The number of carboxylic acids is 1. The molecule has 4 nitrogen and oxygen atoms in total. The van der Waals surface area contributed by atoms with E-state index >= 15 is 0 Å². The van der Waals surface area contributed by atoms with Crippen LogP contribution in [-0.2, 0) is 6.54 Å². The molecule has 5 heteroatoms. The SMILES string of the molecule is CCN(CC)C1CCN(Cc2ccc(C(=O)O)cc2F)C1. The molecule has 1 aromatic carbocycles. The number of aromatic carboxylic acids is 1. The van der Waals surface area contributed by atoms with Crippen molar-refractivity contribution in [2.45, 2.75) is 32.9 Å². The lowest BCUT2D eigenvalue weighted by molar-refractivity contribution is 0.0696. The molecule has 0 aromatic heterocycles. The highest BCUT2D eigenvalue weighted by Crippen LogP contribution is 2.20. The molecule has 0 saturated carbocycles. The van der Waals surface area contributed by atoms with Gasteiger partial charge in [-0.1, -0.05) is 19.9 Å². The Labute approximate surface area is 125 Å². The molecule has 1 saturated heterocycles. The number of halogens is 1. The van der Waals surface area contributed by atoms with Crippen molar-refractivity contribution in [3.8, 4) is 0 Å². The van der Waals surface area contributed by atoms with E-state index < -0.39 is 11.8 Å². The number of carboxylic acid groups (broad SMARTS) is 1. The zero-order valence-corrected chi connectivity index (χ0v) is 12.7. The number of hydrogen-bond acceptors (Lipinski definition) is 3. The molecule has 21 heavy (non-hydrogen) atoms. The summed E-state index contributed by atoms with van der Waals surface area (Å²) in [6.07, 6.45) is 1.11. The van der Waals surface area contributed by atoms with Crippen molar-refractivity contribution in [2.75, 3.05) is 26.2 Å². The van der Waals surface area contributed by atoms with Gasteiger partial charge in [0.15, 0.2) is 0 Å². The molecule has 1 aromatic rings. The van der Waals surface area contributed by atoms with Gasteiger partial charge in [-0.15, -0.1) is 0 Å². The third-order valence-electron chi connectivity index (χ3n) is 4.27. The summed E-state index contributed by atoms with van der Waals surface area (Å²) in [6.45, 7) is 8.85. The molecule has 1 N–H and O–H groups in total. The van der Waals surface area contributed by atoms with Crippen LogP contribution in [0.4, 0.5) is 4.39 Å². The molecule has 1 aliphatic rings. The van der Waals surface area contributed by atoms with Gasteiger partial charge in [-0.25, -0.2) is 9.18 Å². The molecule has 0 aliphatic carbocycles. The lowest BCUT2D eigenvalue weighted by Crippen LogP contribution is -2.37.